The van der Waals surface area contributed by atoms with Gasteiger partial charge in [0.05, 0.1) is 12.3 Å². The van der Waals surface area contributed by atoms with Crippen LogP contribution in [0.2, 0.25) is 0 Å². The van der Waals surface area contributed by atoms with E-state index in [1.807, 2.05) is 12.1 Å². The van der Waals surface area contributed by atoms with Crippen LogP contribution in [0.5, 0.6) is 5.75 Å². The Kier molecular flexibility index (Phi) is 3.40. The molecule has 1 aliphatic carbocycles. The molecule has 0 bridgehead atoms. The fourth-order valence-corrected chi connectivity index (χ4v) is 2.04. The standard InChI is InChI=1S/C11H14BrNO/c12-11-7-6-10(8-13-11)14-9-4-2-1-3-5-9/h6-9H,1-5H2. The summed E-state index contributed by atoms with van der Waals surface area (Å²) in [5, 5.41) is 0. The number of rotatable bonds is 2. The third-order valence-corrected chi connectivity index (χ3v) is 3.02. The van der Waals surface area contributed by atoms with Crippen LogP contribution in [0.25, 0.3) is 0 Å². The minimum absolute atomic E-state index is 0.409. The van der Waals surface area contributed by atoms with Gasteiger partial charge in [-0.3, -0.25) is 0 Å². The van der Waals surface area contributed by atoms with Crippen LogP contribution in [0.15, 0.2) is 22.9 Å². The highest BCUT2D eigenvalue weighted by molar-refractivity contribution is 9.10. The first kappa shape index (κ1) is 9.97. The molecule has 0 saturated heterocycles. The highest BCUT2D eigenvalue weighted by Gasteiger charge is 2.14. The molecule has 0 amide bonds. The van der Waals surface area contributed by atoms with Gasteiger partial charge >= 0.3 is 0 Å². The maximum absolute atomic E-state index is 5.83. The van der Waals surface area contributed by atoms with Gasteiger partial charge in [-0.15, -0.1) is 0 Å². The van der Waals surface area contributed by atoms with Crippen molar-refractivity contribution >= 4 is 15.9 Å². The van der Waals surface area contributed by atoms with Crippen LogP contribution >= 0.6 is 15.9 Å². The van der Waals surface area contributed by atoms with Crippen LogP contribution in [0.3, 0.4) is 0 Å². The molecule has 1 heterocycles. The van der Waals surface area contributed by atoms with Crippen LogP contribution in [0, 0.1) is 0 Å². The normalized spacial score (nSPS) is 18.1. The van der Waals surface area contributed by atoms with E-state index < -0.39 is 0 Å². The predicted octanol–water partition coefficient (Wildman–Crippen LogP) is 3.56. The molecule has 1 aromatic heterocycles. The van der Waals surface area contributed by atoms with Gasteiger partial charge in [-0.1, -0.05) is 6.42 Å². The monoisotopic (exact) mass is 255 g/mol. The lowest BCUT2D eigenvalue weighted by molar-refractivity contribution is 0.154. The Labute approximate surface area is 92.8 Å². The average Bonchev–Trinajstić information content (AvgIpc) is 2.23. The summed E-state index contributed by atoms with van der Waals surface area (Å²) in [6, 6.07) is 3.88. The van der Waals surface area contributed by atoms with E-state index in [4.69, 9.17) is 4.74 Å². The third kappa shape index (κ3) is 2.71. The summed E-state index contributed by atoms with van der Waals surface area (Å²) in [6.45, 7) is 0. The van der Waals surface area contributed by atoms with Crippen molar-refractivity contribution in [2.24, 2.45) is 0 Å². The van der Waals surface area contributed by atoms with Crippen molar-refractivity contribution < 1.29 is 4.74 Å². The Morgan fingerprint density at radius 3 is 2.64 bits per heavy atom. The van der Waals surface area contributed by atoms with Gasteiger partial charge in [-0.25, -0.2) is 4.98 Å². The molecule has 1 fully saturated rings. The van der Waals surface area contributed by atoms with Crippen molar-refractivity contribution in [3.63, 3.8) is 0 Å². The highest BCUT2D eigenvalue weighted by atomic mass is 79.9. The number of ether oxygens (including phenoxy) is 1. The quantitative estimate of drug-likeness (QED) is 0.755. The second-order valence-electron chi connectivity index (χ2n) is 3.69. The van der Waals surface area contributed by atoms with Gasteiger partial charge in [0, 0.05) is 0 Å². The molecular formula is C11H14BrNO. The Balaban J connectivity index is 1.92. The molecule has 0 aromatic carbocycles. The van der Waals surface area contributed by atoms with Crippen molar-refractivity contribution in [2.75, 3.05) is 0 Å². The van der Waals surface area contributed by atoms with Crippen molar-refractivity contribution in [3.05, 3.63) is 22.9 Å². The second kappa shape index (κ2) is 4.78. The average molecular weight is 256 g/mol. The SMILES string of the molecule is Brc1ccc(OC2CCCCC2)cn1. The van der Waals surface area contributed by atoms with Gasteiger partial charge in [0.15, 0.2) is 0 Å². The lowest BCUT2D eigenvalue weighted by Crippen LogP contribution is -2.19. The van der Waals surface area contributed by atoms with Gasteiger partial charge in [-0.2, -0.15) is 0 Å². The summed E-state index contributed by atoms with van der Waals surface area (Å²) in [6.07, 6.45) is 8.53. The Morgan fingerprint density at radius 2 is 2.00 bits per heavy atom. The smallest absolute Gasteiger partial charge is 0.138 e. The number of hydrogen-bond donors (Lipinski definition) is 0. The molecule has 2 rings (SSSR count). The molecule has 1 saturated carbocycles. The Bertz CT molecular complexity index is 280. The first-order valence-corrected chi connectivity index (χ1v) is 5.92. The molecule has 0 N–H and O–H groups in total. The minimum Gasteiger partial charge on any atom is -0.489 e. The molecule has 0 radical (unpaired) electrons. The molecule has 2 nitrogen and oxygen atoms in total. The molecule has 0 atom stereocenters. The van der Waals surface area contributed by atoms with Gasteiger partial charge < -0.3 is 4.74 Å². The summed E-state index contributed by atoms with van der Waals surface area (Å²) in [5.74, 6) is 0.889. The van der Waals surface area contributed by atoms with E-state index in [2.05, 4.69) is 20.9 Å². The van der Waals surface area contributed by atoms with Gasteiger partial charge in [0.2, 0.25) is 0 Å². The summed E-state index contributed by atoms with van der Waals surface area (Å²) in [5.41, 5.74) is 0. The summed E-state index contributed by atoms with van der Waals surface area (Å²) in [7, 11) is 0. The number of pyridine rings is 1. The lowest BCUT2D eigenvalue weighted by Gasteiger charge is -2.22. The molecule has 3 heteroatoms. The highest BCUT2D eigenvalue weighted by Crippen LogP contribution is 2.23. The summed E-state index contributed by atoms with van der Waals surface area (Å²) < 4.78 is 6.68. The van der Waals surface area contributed by atoms with Gasteiger partial charge in [-0.05, 0) is 53.7 Å². The first-order chi connectivity index (χ1) is 6.84. The van der Waals surface area contributed by atoms with Crippen LogP contribution in [0.4, 0.5) is 0 Å². The topological polar surface area (TPSA) is 22.1 Å². The fourth-order valence-electron chi connectivity index (χ4n) is 1.81. The number of hydrogen-bond acceptors (Lipinski definition) is 2. The van der Waals surface area contributed by atoms with Crippen LogP contribution < -0.4 is 4.74 Å². The van der Waals surface area contributed by atoms with Crippen LogP contribution in [0.1, 0.15) is 32.1 Å². The number of nitrogens with zero attached hydrogens (tertiary/aromatic N) is 1. The maximum atomic E-state index is 5.83. The molecular weight excluding hydrogens is 242 g/mol. The lowest BCUT2D eigenvalue weighted by atomic mass is 9.98. The molecule has 0 aliphatic heterocycles. The molecule has 0 unspecified atom stereocenters. The fraction of sp³-hybridized carbons (Fsp3) is 0.545. The maximum Gasteiger partial charge on any atom is 0.138 e. The van der Waals surface area contributed by atoms with Crippen molar-refractivity contribution in [2.45, 2.75) is 38.2 Å². The van der Waals surface area contributed by atoms with E-state index in [1.54, 1.807) is 6.20 Å². The van der Waals surface area contributed by atoms with Crippen molar-refractivity contribution in [3.8, 4) is 5.75 Å². The Morgan fingerprint density at radius 1 is 1.21 bits per heavy atom. The van der Waals surface area contributed by atoms with Crippen LogP contribution in [-0.2, 0) is 0 Å². The van der Waals surface area contributed by atoms with E-state index in [0.29, 0.717) is 6.10 Å². The van der Waals surface area contributed by atoms with Crippen molar-refractivity contribution in [1.29, 1.82) is 0 Å². The van der Waals surface area contributed by atoms with Gasteiger partial charge in [0.1, 0.15) is 10.4 Å². The zero-order valence-corrected chi connectivity index (χ0v) is 9.66. The number of halogens is 1. The minimum atomic E-state index is 0.409. The largest absolute Gasteiger partial charge is 0.489 e. The van der Waals surface area contributed by atoms with Gasteiger partial charge in [0.25, 0.3) is 0 Å². The molecule has 0 spiro atoms. The van der Waals surface area contributed by atoms with Crippen LogP contribution in [-0.4, -0.2) is 11.1 Å². The zero-order valence-electron chi connectivity index (χ0n) is 8.08. The summed E-state index contributed by atoms with van der Waals surface area (Å²) >= 11 is 3.30. The van der Waals surface area contributed by atoms with E-state index >= 15 is 0 Å². The number of aromatic nitrogens is 1. The molecule has 1 aromatic rings. The van der Waals surface area contributed by atoms with E-state index in [9.17, 15) is 0 Å². The van der Waals surface area contributed by atoms with E-state index in [0.717, 1.165) is 10.4 Å². The molecule has 14 heavy (non-hydrogen) atoms. The molecule has 1 aliphatic rings. The van der Waals surface area contributed by atoms with Crippen molar-refractivity contribution in [1.82, 2.24) is 4.98 Å². The zero-order chi connectivity index (χ0) is 9.80. The van der Waals surface area contributed by atoms with E-state index in [1.165, 1.54) is 32.1 Å². The third-order valence-electron chi connectivity index (χ3n) is 2.56. The predicted molar refractivity (Wildman–Crippen MR) is 59.4 cm³/mol. The van der Waals surface area contributed by atoms with E-state index in [-0.39, 0.29) is 0 Å². The molecule has 76 valence electrons. The first-order valence-electron chi connectivity index (χ1n) is 5.13. The second-order valence-corrected chi connectivity index (χ2v) is 4.51. The summed E-state index contributed by atoms with van der Waals surface area (Å²) in [4.78, 5) is 4.14. The Hall–Kier alpha value is -0.570.